The van der Waals surface area contributed by atoms with E-state index in [9.17, 15) is 19.8 Å². The molecule has 3 N–H and O–H groups in total. The van der Waals surface area contributed by atoms with Crippen LogP contribution in [0, 0.1) is 40.9 Å². The van der Waals surface area contributed by atoms with Crippen molar-refractivity contribution in [2.45, 2.75) is 89.9 Å². The molecular formula is C34H44N2O6. The van der Waals surface area contributed by atoms with Crippen LogP contribution in [-0.4, -0.2) is 52.7 Å². The number of nitrogens with zero attached hydrogens (tertiary/aromatic N) is 1. The van der Waals surface area contributed by atoms with Crippen LogP contribution in [0.25, 0.3) is 0 Å². The zero-order chi connectivity index (χ0) is 30.1. The van der Waals surface area contributed by atoms with Crippen molar-refractivity contribution in [3.8, 4) is 12.3 Å². The molecule has 8 nitrogen and oxygen atoms in total. The van der Waals surface area contributed by atoms with Crippen LogP contribution in [-0.2, 0) is 19.2 Å². The fourth-order valence-electron chi connectivity index (χ4n) is 8.63. The maximum Gasteiger partial charge on any atom is 0.331 e. The largest absolute Gasteiger partial charge is 0.464 e. The van der Waals surface area contributed by atoms with Gasteiger partial charge in [-0.3, -0.25) is 4.79 Å². The molecule has 1 aromatic carbocycles. The Kier molecular flexibility index (Phi) is 8.55. The lowest BCUT2D eigenvalue weighted by Crippen LogP contribution is -2.54. The molecule has 8 atom stereocenters. The first kappa shape index (κ1) is 30.3. The second-order valence-electron chi connectivity index (χ2n) is 13.0. The Morgan fingerprint density at radius 2 is 1.86 bits per heavy atom. The second kappa shape index (κ2) is 11.9. The molecular weight excluding hydrogens is 532 g/mol. The number of aliphatic hydroxyl groups excluding tert-OH is 1. The molecule has 3 fully saturated rings. The highest BCUT2D eigenvalue weighted by molar-refractivity contribution is 5.96. The fourth-order valence-corrected chi connectivity index (χ4v) is 8.63. The Morgan fingerprint density at radius 1 is 1.12 bits per heavy atom. The van der Waals surface area contributed by atoms with Crippen LogP contribution in [0.5, 0.6) is 0 Å². The Labute approximate surface area is 248 Å². The van der Waals surface area contributed by atoms with Gasteiger partial charge in [-0.05, 0) is 93.1 Å². The van der Waals surface area contributed by atoms with Crippen molar-refractivity contribution in [2.24, 2.45) is 33.7 Å². The summed E-state index contributed by atoms with van der Waals surface area (Å²) < 4.78 is 5.08. The van der Waals surface area contributed by atoms with Crippen LogP contribution in [0.4, 0.5) is 0 Å². The molecule has 226 valence electrons. The second-order valence-corrected chi connectivity index (χ2v) is 13.0. The highest BCUT2D eigenvalue weighted by atomic mass is 16.6. The third kappa shape index (κ3) is 5.26. The first-order valence-electron chi connectivity index (χ1n) is 15.4. The topological polar surface area (TPSA) is 117 Å². The molecule has 5 rings (SSSR count). The zero-order valence-corrected chi connectivity index (χ0v) is 25.0. The van der Waals surface area contributed by atoms with Gasteiger partial charge in [0, 0.05) is 5.41 Å². The predicted octanol–water partition coefficient (Wildman–Crippen LogP) is 4.47. The van der Waals surface area contributed by atoms with Crippen molar-refractivity contribution in [3.05, 3.63) is 47.5 Å². The smallest absolute Gasteiger partial charge is 0.331 e. The molecule has 4 aliphatic carbocycles. The summed E-state index contributed by atoms with van der Waals surface area (Å²) in [6, 6.07) is 7.39. The lowest BCUT2D eigenvalue weighted by atomic mass is 9.46. The molecule has 0 radical (unpaired) electrons. The Balaban J connectivity index is 1.21. The van der Waals surface area contributed by atoms with E-state index in [2.05, 4.69) is 36.3 Å². The summed E-state index contributed by atoms with van der Waals surface area (Å²) in [6.45, 7) is 6.01. The van der Waals surface area contributed by atoms with Gasteiger partial charge < -0.3 is 25.1 Å². The van der Waals surface area contributed by atoms with Crippen LogP contribution >= 0.6 is 0 Å². The van der Waals surface area contributed by atoms with Crippen LogP contribution in [0.3, 0.4) is 0 Å². The molecule has 0 unspecified atom stereocenters. The number of nitrogens with one attached hydrogen (secondary N) is 1. The van der Waals surface area contributed by atoms with E-state index in [-0.39, 0.29) is 24.0 Å². The number of allylic oxidation sites excluding steroid dienone is 2. The number of esters is 1. The molecule has 1 amide bonds. The van der Waals surface area contributed by atoms with Crippen LogP contribution < -0.4 is 5.32 Å². The summed E-state index contributed by atoms with van der Waals surface area (Å²) in [5.74, 6) is 3.03. The van der Waals surface area contributed by atoms with Crippen molar-refractivity contribution in [3.63, 3.8) is 0 Å². The lowest BCUT2D eigenvalue weighted by Gasteiger charge is -2.58. The SMILES string of the molecule is C#C[C@@]1(O)CC[C@@H]2[C@@H]3CCC4=C/C(=N/OCC(=O)N[C@H](C(=O)OCC)[C@H](O)c5ccccc5)CC[C@]4(C)[C@H]3CC[C@@]21C. The zero-order valence-electron chi connectivity index (χ0n) is 25.0. The van der Waals surface area contributed by atoms with Gasteiger partial charge in [-0.15, -0.1) is 6.42 Å². The quantitative estimate of drug-likeness (QED) is 0.239. The van der Waals surface area contributed by atoms with Crippen molar-refractivity contribution in [2.75, 3.05) is 13.2 Å². The van der Waals surface area contributed by atoms with E-state index in [0.29, 0.717) is 29.7 Å². The highest BCUT2D eigenvalue weighted by Crippen LogP contribution is 2.67. The number of oxime groups is 1. The Morgan fingerprint density at radius 3 is 2.57 bits per heavy atom. The summed E-state index contributed by atoms with van der Waals surface area (Å²) in [6.07, 6.45) is 14.2. The van der Waals surface area contributed by atoms with Crippen molar-refractivity contribution in [1.29, 1.82) is 0 Å². The number of amides is 1. The molecule has 0 spiro atoms. The number of benzene rings is 1. The molecule has 0 heterocycles. The predicted molar refractivity (Wildman–Crippen MR) is 159 cm³/mol. The van der Waals surface area contributed by atoms with Gasteiger partial charge >= 0.3 is 5.97 Å². The van der Waals surface area contributed by atoms with E-state index in [4.69, 9.17) is 16.0 Å². The Hall–Kier alpha value is -3.15. The van der Waals surface area contributed by atoms with Gasteiger partial charge in [-0.25, -0.2) is 4.79 Å². The summed E-state index contributed by atoms with van der Waals surface area (Å²) in [5, 5.41) is 28.8. The summed E-state index contributed by atoms with van der Waals surface area (Å²) >= 11 is 0. The average molecular weight is 577 g/mol. The first-order valence-corrected chi connectivity index (χ1v) is 15.4. The minimum Gasteiger partial charge on any atom is -0.464 e. The van der Waals surface area contributed by atoms with Gasteiger partial charge in [0.25, 0.3) is 5.91 Å². The van der Waals surface area contributed by atoms with Crippen LogP contribution in [0.1, 0.15) is 83.8 Å². The van der Waals surface area contributed by atoms with E-state index in [1.165, 1.54) is 5.57 Å². The summed E-state index contributed by atoms with van der Waals surface area (Å²) in [5.41, 5.74) is 1.57. The normalized spacial score (nSPS) is 35.9. The molecule has 0 aromatic heterocycles. The van der Waals surface area contributed by atoms with E-state index in [1.807, 2.05) is 0 Å². The van der Waals surface area contributed by atoms with Crippen LogP contribution in [0.2, 0.25) is 0 Å². The monoisotopic (exact) mass is 576 g/mol. The van der Waals surface area contributed by atoms with Gasteiger partial charge in [0.15, 0.2) is 12.6 Å². The Bertz CT molecular complexity index is 1290. The maximum atomic E-state index is 12.7. The van der Waals surface area contributed by atoms with Gasteiger partial charge in [-0.2, -0.15) is 0 Å². The average Bonchev–Trinajstić information content (AvgIpc) is 3.27. The molecule has 8 heteroatoms. The highest BCUT2D eigenvalue weighted by Gasteiger charge is 2.63. The van der Waals surface area contributed by atoms with Gasteiger partial charge in [0.2, 0.25) is 0 Å². The van der Waals surface area contributed by atoms with Crippen molar-refractivity contribution < 1.29 is 29.4 Å². The third-order valence-electron chi connectivity index (χ3n) is 11.1. The maximum absolute atomic E-state index is 12.7. The number of aliphatic hydroxyl groups is 2. The summed E-state index contributed by atoms with van der Waals surface area (Å²) in [7, 11) is 0. The molecule has 0 saturated heterocycles. The first-order chi connectivity index (χ1) is 20.1. The van der Waals surface area contributed by atoms with Crippen molar-refractivity contribution in [1.82, 2.24) is 5.32 Å². The van der Waals surface area contributed by atoms with E-state index in [1.54, 1.807) is 37.3 Å². The number of carbonyl (C=O) groups is 2. The van der Waals surface area contributed by atoms with E-state index < -0.39 is 29.6 Å². The van der Waals surface area contributed by atoms with Gasteiger partial charge in [0.1, 0.15) is 11.7 Å². The minimum absolute atomic E-state index is 0.0813. The molecule has 0 bridgehead atoms. The fraction of sp³-hybridized carbons (Fsp3) is 0.618. The minimum atomic E-state index is -1.27. The van der Waals surface area contributed by atoms with E-state index in [0.717, 1.165) is 50.7 Å². The number of rotatable bonds is 8. The number of carbonyl (C=O) groups excluding carboxylic acids is 2. The number of hydrogen-bond acceptors (Lipinski definition) is 7. The number of ether oxygens (including phenoxy) is 1. The molecule has 0 aliphatic heterocycles. The third-order valence-corrected chi connectivity index (χ3v) is 11.1. The van der Waals surface area contributed by atoms with E-state index >= 15 is 0 Å². The molecule has 42 heavy (non-hydrogen) atoms. The van der Waals surface area contributed by atoms with Gasteiger partial charge in [-0.1, -0.05) is 60.8 Å². The van der Waals surface area contributed by atoms with Crippen LogP contribution in [0.15, 0.2) is 47.1 Å². The molecule has 4 aliphatic rings. The van der Waals surface area contributed by atoms with Crippen molar-refractivity contribution >= 4 is 17.6 Å². The number of fused-ring (bicyclic) bond motifs is 5. The number of hydrogen-bond donors (Lipinski definition) is 3. The number of terminal acetylenes is 1. The lowest BCUT2D eigenvalue weighted by molar-refractivity contribution is -0.151. The summed E-state index contributed by atoms with van der Waals surface area (Å²) in [4.78, 5) is 30.6. The standard InChI is InChI=1S/C34H44N2O6/c1-5-34(40)19-16-27-25-13-12-23-20-24(14-17-32(23,3)26(25)15-18-33(27,34)4)36-42-21-28(37)35-29(31(39)41-6-2)30(38)22-10-8-7-9-11-22/h1,7-11,20,25-27,29-30,38,40H,6,12-19,21H2,2-4H3,(H,35,37)/b36-24+/t25-,26+,27-,29+,30-,32+,33+,34-/m1/s1. The molecule has 1 aromatic rings. The van der Waals surface area contributed by atoms with Gasteiger partial charge in [0.05, 0.1) is 12.3 Å². The molecule has 3 saturated carbocycles.